The smallest absolute Gasteiger partial charge is 0.339 e. The van der Waals surface area contributed by atoms with Crippen LogP contribution in [0.15, 0.2) is 95.5 Å². The third-order valence-corrected chi connectivity index (χ3v) is 6.09. The molecule has 0 unspecified atom stereocenters. The number of rotatable bonds is 5. The maximum Gasteiger partial charge on any atom is 0.339 e. The van der Waals surface area contributed by atoms with E-state index in [1.807, 2.05) is 84.9 Å². The van der Waals surface area contributed by atoms with Crippen LogP contribution in [0.3, 0.4) is 0 Å². The summed E-state index contributed by atoms with van der Waals surface area (Å²) in [5.41, 5.74) is 3.83. The third kappa shape index (κ3) is 4.45. The van der Waals surface area contributed by atoms with E-state index in [1.54, 1.807) is 7.11 Å². The van der Waals surface area contributed by atoms with E-state index in [0.29, 0.717) is 5.56 Å². The summed E-state index contributed by atoms with van der Waals surface area (Å²) in [6, 6.07) is 29.2. The zero-order chi connectivity index (χ0) is 22.8. The highest BCUT2D eigenvalue weighted by Crippen LogP contribution is 2.29. The van der Waals surface area contributed by atoms with E-state index in [-0.39, 0.29) is 12.6 Å². The van der Waals surface area contributed by atoms with Crippen LogP contribution in [0.1, 0.15) is 15.9 Å². The van der Waals surface area contributed by atoms with Gasteiger partial charge >= 0.3 is 5.97 Å². The SMILES string of the molecule is COc1ccc2cc(-c3cc(C(=O)OCc4ccc(Br)cc4)c4ccccc4n3)ccc2c1. The molecule has 0 aliphatic heterocycles. The minimum Gasteiger partial charge on any atom is -0.497 e. The number of carbonyl (C=O) groups is 1. The highest BCUT2D eigenvalue weighted by Gasteiger charge is 2.16. The average molecular weight is 498 g/mol. The van der Waals surface area contributed by atoms with Crippen molar-refractivity contribution >= 4 is 43.6 Å². The third-order valence-electron chi connectivity index (χ3n) is 5.56. The van der Waals surface area contributed by atoms with Crippen molar-refractivity contribution in [3.8, 4) is 17.0 Å². The predicted octanol–water partition coefficient (Wildman–Crippen LogP) is 7.18. The van der Waals surface area contributed by atoms with Gasteiger partial charge in [0, 0.05) is 15.4 Å². The number of nitrogens with zero attached hydrogens (tertiary/aromatic N) is 1. The summed E-state index contributed by atoms with van der Waals surface area (Å²) in [4.78, 5) is 17.9. The Morgan fingerprint density at radius 1 is 0.879 bits per heavy atom. The van der Waals surface area contributed by atoms with Crippen molar-refractivity contribution < 1.29 is 14.3 Å². The molecular formula is C28H20BrNO3. The van der Waals surface area contributed by atoms with Crippen LogP contribution in [0.2, 0.25) is 0 Å². The zero-order valence-electron chi connectivity index (χ0n) is 17.9. The summed E-state index contributed by atoms with van der Waals surface area (Å²) >= 11 is 3.42. The largest absolute Gasteiger partial charge is 0.497 e. The van der Waals surface area contributed by atoms with Crippen LogP contribution in [-0.2, 0) is 11.3 Å². The first-order valence-corrected chi connectivity index (χ1v) is 11.3. The fourth-order valence-corrected chi connectivity index (χ4v) is 4.07. The minimum absolute atomic E-state index is 0.204. The Morgan fingerprint density at radius 2 is 1.64 bits per heavy atom. The van der Waals surface area contributed by atoms with Gasteiger partial charge in [0.15, 0.2) is 0 Å². The Kier molecular flexibility index (Phi) is 5.80. The number of hydrogen-bond donors (Lipinski definition) is 0. The zero-order valence-corrected chi connectivity index (χ0v) is 19.5. The summed E-state index contributed by atoms with van der Waals surface area (Å²) in [5.74, 6) is 0.443. The number of pyridine rings is 1. The second kappa shape index (κ2) is 9.04. The highest BCUT2D eigenvalue weighted by molar-refractivity contribution is 9.10. The number of fused-ring (bicyclic) bond motifs is 2. The first-order chi connectivity index (χ1) is 16.1. The van der Waals surface area contributed by atoms with Crippen LogP contribution in [0.25, 0.3) is 32.9 Å². The first-order valence-electron chi connectivity index (χ1n) is 10.5. The molecule has 0 spiro atoms. The highest BCUT2D eigenvalue weighted by atomic mass is 79.9. The number of benzene rings is 4. The van der Waals surface area contributed by atoms with E-state index in [9.17, 15) is 4.79 Å². The minimum atomic E-state index is -0.372. The quantitative estimate of drug-likeness (QED) is 0.241. The van der Waals surface area contributed by atoms with Crippen molar-refractivity contribution in [3.63, 3.8) is 0 Å². The van der Waals surface area contributed by atoms with Crippen LogP contribution in [-0.4, -0.2) is 18.1 Å². The Labute approximate surface area is 199 Å². The predicted molar refractivity (Wildman–Crippen MR) is 134 cm³/mol. The Balaban J connectivity index is 1.52. The molecule has 5 rings (SSSR count). The van der Waals surface area contributed by atoms with Crippen molar-refractivity contribution in [2.24, 2.45) is 0 Å². The molecule has 0 saturated carbocycles. The summed E-state index contributed by atoms with van der Waals surface area (Å²) in [5, 5.41) is 2.92. The molecule has 162 valence electrons. The van der Waals surface area contributed by atoms with Gasteiger partial charge in [0.1, 0.15) is 12.4 Å². The molecular weight excluding hydrogens is 478 g/mol. The number of aromatic nitrogens is 1. The van der Waals surface area contributed by atoms with E-state index in [2.05, 4.69) is 22.0 Å². The monoisotopic (exact) mass is 497 g/mol. The molecule has 0 bridgehead atoms. The summed E-state index contributed by atoms with van der Waals surface area (Å²) in [6.07, 6.45) is 0. The van der Waals surface area contributed by atoms with Crippen LogP contribution in [0.5, 0.6) is 5.75 Å². The fraction of sp³-hybridized carbons (Fsp3) is 0.0714. The topological polar surface area (TPSA) is 48.4 Å². The molecule has 0 aliphatic carbocycles. The average Bonchev–Trinajstić information content (AvgIpc) is 2.86. The van der Waals surface area contributed by atoms with Gasteiger partial charge in [-0.05, 0) is 58.8 Å². The molecule has 0 fully saturated rings. The Bertz CT molecular complexity index is 1480. The molecule has 5 aromatic rings. The first kappa shape index (κ1) is 21.2. The molecule has 0 amide bonds. The normalized spacial score (nSPS) is 11.0. The van der Waals surface area contributed by atoms with Gasteiger partial charge < -0.3 is 9.47 Å². The Hall–Kier alpha value is -3.70. The van der Waals surface area contributed by atoms with Crippen molar-refractivity contribution in [1.29, 1.82) is 0 Å². The standard InChI is InChI=1S/C28H20BrNO3/c1-32-23-13-10-19-14-21(9-8-20(19)15-23)27-16-25(24-4-2-3-5-26(24)30-27)28(31)33-17-18-6-11-22(29)12-7-18/h2-16H,17H2,1H3. The van der Waals surface area contributed by atoms with E-state index in [4.69, 9.17) is 14.5 Å². The lowest BCUT2D eigenvalue weighted by Gasteiger charge is -2.11. The lowest BCUT2D eigenvalue weighted by atomic mass is 10.0. The van der Waals surface area contributed by atoms with E-state index in [0.717, 1.165) is 48.7 Å². The van der Waals surface area contributed by atoms with Gasteiger partial charge in [-0.1, -0.05) is 64.5 Å². The van der Waals surface area contributed by atoms with Crippen molar-refractivity contribution in [1.82, 2.24) is 4.98 Å². The van der Waals surface area contributed by atoms with Crippen LogP contribution in [0, 0.1) is 0 Å². The van der Waals surface area contributed by atoms with Gasteiger partial charge in [-0.2, -0.15) is 0 Å². The van der Waals surface area contributed by atoms with Crippen molar-refractivity contribution in [2.75, 3.05) is 7.11 Å². The molecule has 4 aromatic carbocycles. The number of halogens is 1. The summed E-state index contributed by atoms with van der Waals surface area (Å²) < 4.78 is 12.0. The number of para-hydroxylation sites is 1. The maximum atomic E-state index is 13.1. The molecule has 4 nitrogen and oxygen atoms in total. The molecule has 0 N–H and O–H groups in total. The summed E-state index contributed by atoms with van der Waals surface area (Å²) in [6.45, 7) is 0.204. The number of methoxy groups -OCH3 is 1. The lowest BCUT2D eigenvalue weighted by Crippen LogP contribution is -2.07. The van der Waals surface area contributed by atoms with Gasteiger partial charge in [0.05, 0.1) is 23.9 Å². The van der Waals surface area contributed by atoms with Crippen LogP contribution < -0.4 is 4.74 Å². The van der Waals surface area contributed by atoms with Gasteiger partial charge in [0.25, 0.3) is 0 Å². The molecule has 1 heterocycles. The van der Waals surface area contributed by atoms with Crippen LogP contribution >= 0.6 is 15.9 Å². The van der Waals surface area contributed by atoms with E-state index in [1.165, 1.54) is 0 Å². The van der Waals surface area contributed by atoms with Gasteiger partial charge in [-0.15, -0.1) is 0 Å². The molecule has 0 aliphatic rings. The number of ether oxygens (including phenoxy) is 2. The second-order valence-corrected chi connectivity index (χ2v) is 8.62. The molecule has 1 aromatic heterocycles. The molecule has 33 heavy (non-hydrogen) atoms. The molecule has 0 atom stereocenters. The van der Waals surface area contributed by atoms with E-state index >= 15 is 0 Å². The van der Waals surface area contributed by atoms with Gasteiger partial charge in [-0.25, -0.2) is 9.78 Å². The molecule has 0 saturated heterocycles. The molecule has 0 radical (unpaired) electrons. The van der Waals surface area contributed by atoms with Crippen LogP contribution in [0.4, 0.5) is 0 Å². The number of esters is 1. The van der Waals surface area contributed by atoms with Crippen molar-refractivity contribution in [2.45, 2.75) is 6.61 Å². The second-order valence-electron chi connectivity index (χ2n) is 7.70. The Morgan fingerprint density at radius 3 is 2.45 bits per heavy atom. The van der Waals surface area contributed by atoms with Gasteiger partial charge in [0.2, 0.25) is 0 Å². The van der Waals surface area contributed by atoms with E-state index < -0.39 is 0 Å². The fourth-order valence-electron chi connectivity index (χ4n) is 3.81. The number of carbonyl (C=O) groups excluding carboxylic acids is 1. The van der Waals surface area contributed by atoms with Crippen molar-refractivity contribution in [3.05, 3.63) is 107 Å². The lowest BCUT2D eigenvalue weighted by molar-refractivity contribution is 0.0475. The van der Waals surface area contributed by atoms with Gasteiger partial charge in [-0.3, -0.25) is 0 Å². The maximum absolute atomic E-state index is 13.1. The summed E-state index contributed by atoms with van der Waals surface area (Å²) in [7, 11) is 1.66. The molecule has 5 heteroatoms. The number of hydrogen-bond acceptors (Lipinski definition) is 4.